The lowest BCUT2D eigenvalue weighted by atomic mass is 10.2. The van der Waals surface area contributed by atoms with Crippen molar-refractivity contribution in [2.45, 2.75) is 12.6 Å². The molecule has 134 valence electrons. The molecule has 2 aromatic rings. The van der Waals surface area contributed by atoms with Crippen LogP contribution < -0.4 is 10.1 Å². The van der Waals surface area contributed by atoms with E-state index >= 15 is 0 Å². The van der Waals surface area contributed by atoms with Gasteiger partial charge in [0.2, 0.25) is 11.7 Å². The maximum Gasteiger partial charge on any atom is 0.234 e. The predicted octanol–water partition coefficient (Wildman–Crippen LogP) is -0.0916. The minimum Gasteiger partial charge on any atom is -0.496 e. The molecule has 1 aromatic carbocycles. The Morgan fingerprint density at radius 3 is 3.04 bits per heavy atom. The Labute approximate surface area is 145 Å². The molecule has 0 spiro atoms. The van der Waals surface area contributed by atoms with Crippen LogP contribution in [-0.4, -0.2) is 64.4 Å². The molecule has 3 rings (SSSR count). The van der Waals surface area contributed by atoms with E-state index in [2.05, 4.69) is 20.7 Å². The molecule has 9 nitrogen and oxygen atoms in total. The van der Waals surface area contributed by atoms with Crippen LogP contribution in [0.4, 0.5) is 0 Å². The molecule has 1 fully saturated rings. The summed E-state index contributed by atoms with van der Waals surface area (Å²) in [7, 11) is 3.33. The summed E-state index contributed by atoms with van der Waals surface area (Å²) in [4.78, 5) is 15.7. The van der Waals surface area contributed by atoms with Crippen LogP contribution in [0.1, 0.15) is 17.5 Å². The van der Waals surface area contributed by atoms with Crippen molar-refractivity contribution in [1.82, 2.24) is 30.4 Å². The van der Waals surface area contributed by atoms with Crippen molar-refractivity contribution in [2.75, 3.05) is 33.4 Å². The van der Waals surface area contributed by atoms with Crippen molar-refractivity contribution in [2.24, 2.45) is 7.05 Å². The second-order valence-corrected chi connectivity index (χ2v) is 5.82. The SMILES string of the molecule is COc1ccccc1CNC(=O)CN1CCOC(c2nnn(C)n2)C1. The van der Waals surface area contributed by atoms with Gasteiger partial charge in [-0.3, -0.25) is 9.69 Å². The van der Waals surface area contributed by atoms with Gasteiger partial charge in [-0.1, -0.05) is 18.2 Å². The van der Waals surface area contributed by atoms with Crippen molar-refractivity contribution in [3.8, 4) is 5.75 Å². The minimum absolute atomic E-state index is 0.0429. The maximum atomic E-state index is 12.2. The number of aryl methyl sites for hydroxylation is 1. The quantitative estimate of drug-likeness (QED) is 0.781. The summed E-state index contributed by atoms with van der Waals surface area (Å²) >= 11 is 0. The number of benzene rings is 1. The molecule has 25 heavy (non-hydrogen) atoms. The third kappa shape index (κ3) is 4.52. The van der Waals surface area contributed by atoms with Crippen LogP contribution in [0.5, 0.6) is 5.75 Å². The molecule has 1 unspecified atom stereocenters. The van der Waals surface area contributed by atoms with Crippen LogP contribution in [0.25, 0.3) is 0 Å². The highest BCUT2D eigenvalue weighted by Gasteiger charge is 2.26. The van der Waals surface area contributed by atoms with E-state index in [1.807, 2.05) is 29.2 Å². The second-order valence-electron chi connectivity index (χ2n) is 5.82. The number of methoxy groups -OCH3 is 1. The molecule has 0 radical (unpaired) electrons. The number of amides is 1. The van der Waals surface area contributed by atoms with E-state index in [0.717, 1.165) is 11.3 Å². The van der Waals surface area contributed by atoms with Gasteiger partial charge in [0.1, 0.15) is 11.9 Å². The van der Waals surface area contributed by atoms with Gasteiger partial charge in [-0.15, -0.1) is 10.2 Å². The molecular formula is C16H22N6O3. The number of nitrogens with zero attached hydrogens (tertiary/aromatic N) is 5. The van der Waals surface area contributed by atoms with Gasteiger partial charge < -0.3 is 14.8 Å². The summed E-state index contributed by atoms with van der Waals surface area (Å²) in [5.74, 6) is 1.27. The molecule has 0 saturated carbocycles. The Morgan fingerprint density at radius 1 is 1.44 bits per heavy atom. The summed E-state index contributed by atoms with van der Waals surface area (Å²) in [5.41, 5.74) is 0.946. The third-order valence-corrected chi connectivity index (χ3v) is 4.00. The van der Waals surface area contributed by atoms with Crippen molar-refractivity contribution in [3.05, 3.63) is 35.7 Å². The highest BCUT2D eigenvalue weighted by atomic mass is 16.5. The first-order valence-corrected chi connectivity index (χ1v) is 8.12. The van der Waals surface area contributed by atoms with Crippen LogP contribution in [0.3, 0.4) is 0 Å². The van der Waals surface area contributed by atoms with Crippen LogP contribution >= 0.6 is 0 Å². The number of aromatic nitrogens is 4. The number of morpholine rings is 1. The number of para-hydroxylation sites is 1. The largest absolute Gasteiger partial charge is 0.496 e. The average Bonchev–Trinajstić information content (AvgIpc) is 3.07. The summed E-state index contributed by atoms with van der Waals surface area (Å²) in [6, 6.07) is 7.63. The summed E-state index contributed by atoms with van der Waals surface area (Å²) < 4.78 is 11.0. The summed E-state index contributed by atoms with van der Waals surface area (Å²) in [6.07, 6.45) is -0.260. The van der Waals surface area contributed by atoms with E-state index in [1.165, 1.54) is 4.80 Å². The highest BCUT2D eigenvalue weighted by Crippen LogP contribution is 2.18. The molecule has 1 N–H and O–H groups in total. The molecule has 9 heteroatoms. The van der Waals surface area contributed by atoms with Crippen molar-refractivity contribution in [1.29, 1.82) is 0 Å². The number of carbonyl (C=O) groups excluding carboxylic acids is 1. The third-order valence-electron chi connectivity index (χ3n) is 4.00. The lowest BCUT2D eigenvalue weighted by molar-refractivity contribution is -0.124. The lowest BCUT2D eigenvalue weighted by Gasteiger charge is -2.30. The zero-order valence-electron chi connectivity index (χ0n) is 14.4. The maximum absolute atomic E-state index is 12.2. The topological polar surface area (TPSA) is 94.4 Å². The molecule has 1 aliphatic rings. The predicted molar refractivity (Wildman–Crippen MR) is 88.8 cm³/mol. The number of hydrogen-bond acceptors (Lipinski definition) is 7. The van der Waals surface area contributed by atoms with Gasteiger partial charge in [0.15, 0.2) is 0 Å². The molecule has 1 aromatic heterocycles. The van der Waals surface area contributed by atoms with Gasteiger partial charge in [0, 0.05) is 25.2 Å². The molecular weight excluding hydrogens is 324 g/mol. The smallest absolute Gasteiger partial charge is 0.234 e. The van der Waals surface area contributed by atoms with Crippen molar-refractivity contribution >= 4 is 5.91 Å². The first-order valence-electron chi connectivity index (χ1n) is 8.12. The highest BCUT2D eigenvalue weighted by molar-refractivity contribution is 5.78. The Balaban J connectivity index is 1.50. The number of tetrazole rings is 1. The van der Waals surface area contributed by atoms with Crippen LogP contribution in [0.2, 0.25) is 0 Å². The van der Waals surface area contributed by atoms with Gasteiger partial charge in [-0.25, -0.2) is 0 Å². The molecule has 1 atom stereocenters. The normalized spacial score (nSPS) is 18.1. The van der Waals surface area contributed by atoms with Crippen LogP contribution in [0.15, 0.2) is 24.3 Å². The van der Waals surface area contributed by atoms with Crippen molar-refractivity contribution in [3.63, 3.8) is 0 Å². The Kier molecular flexibility index (Phi) is 5.56. The van der Waals surface area contributed by atoms with Crippen LogP contribution in [-0.2, 0) is 23.1 Å². The Morgan fingerprint density at radius 2 is 2.28 bits per heavy atom. The number of hydrogen-bond donors (Lipinski definition) is 1. The Hall–Kier alpha value is -2.52. The number of carbonyl (C=O) groups is 1. The van der Waals surface area contributed by atoms with E-state index in [4.69, 9.17) is 9.47 Å². The zero-order valence-corrected chi connectivity index (χ0v) is 14.4. The molecule has 2 heterocycles. The zero-order chi connectivity index (χ0) is 17.6. The fourth-order valence-electron chi connectivity index (χ4n) is 2.73. The molecule has 0 aliphatic carbocycles. The van der Waals surface area contributed by atoms with Gasteiger partial charge in [-0.2, -0.15) is 4.80 Å². The fourth-order valence-corrected chi connectivity index (χ4v) is 2.73. The molecule has 1 amide bonds. The number of ether oxygens (including phenoxy) is 2. The minimum atomic E-state index is -0.260. The monoisotopic (exact) mass is 346 g/mol. The second kappa shape index (κ2) is 8.04. The summed E-state index contributed by atoms with van der Waals surface area (Å²) in [6.45, 7) is 2.52. The van der Waals surface area contributed by atoms with Gasteiger partial charge >= 0.3 is 0 Å². The van der Waals surface area contributed by atoms with E-state index in [1.54, 1.807) is 14.2 Å². The van der Waals surface area contributed by atoms with Crippen molar-refractivity contribution < 1.29 is 14.3 Å². The van der Waals surface area contributed by atoms with Crippen LogP contribution in [0, 0.1) is 0 Å². The standard InChI is InChI=1S/C16H22N6O3/c1-21-19-16(18-20-21)14-10-22(7-8-25-14)11-15(23)17-9-12-5-3-4-6-13(12)24-2/h3-6,14H,7-11H2,1-2H3,(H,17,23). The first kappa shape index (κ1) is 17.3. The van der Waals surface area contributed by atoms with E-state index < -0.39 is 0 Å². The van der Waals surface area contributed by atoms with E-state index in [-0.39, 0.29) is 12.0 Å². The molecule has 0 bridgehead atoms. The number of nitrogens with one attached hydrogen (secondary N) is 1. The molecule has 1 aliphatic heterocycles. The number of rotatable bonds is 6. The Bertz CT molecular complexity index is 719. The van der Waals surface area contributed by atoms with Gasteiger partial charge in [0.25, 0.3) is 0 Å². The van der Waals surface area contributed by atoms with E-state index in [0.29, 0.717) is 38.6 Å². The fraction of sp³-hybridized carbons (Fsp3) is 0.500. The van der Waals surface area contributed by atoms with E-state index in [9.17, 15) is 4.79 Å². The average molecular weight is 346 g/mol. The van der Waals surface area contributed by atoms with Gasteiger partial charge in [0.05, 0.1) is 27.3 Å². The summed E-state index contributed by atoms with van der Waals surface area (Å²) in [5, 5.41) is 14.9. The van der Waals surface area contributed by atoms with Gasteiger partial charge in [-0.05, 0) is 11.3 Å². The molecule has 1 saturated heterocycles. The lowest BCUT2D eigenvalue weighted by Crippen LogP contribution is -2.44. The first-order chi connectivity index (χ1) is 12.2.